The lowest BCUT2D eigenvalue weighted by atomic mass is 9.93. The van der Waals surface area contributed by atoms with Crippen molar-refractivity contribution in [2.24, 2.45) is 5.92 Å². The zero-order valence-corrected chi connectivity index (χ0v) is 13.5. The van der Waals surface area contributed by atoms with E-state index in [1.165, 1.54) is 19.3 Å². The van der Waals surface area contributed by atoms with Gasteiger partial charge in [-0.15, -0.1) is 12.4 Å². The smallest absolute Gasteiger partial charge is 0.236 e. The number of carbonyl (C=O) groups excluding carboxylic acids is 1. The molecule has 0 atom stereocenters. The molecule has 1 heterocycles. The van der Waals surface area contributed by atoms with Crippen molar-refractivity contribution in [3.63, 3.8) is 0 Å². The molecular formula is C14H30ClN3O. The van der Waals surface area contributed by atoms with Crippen molar-refractivity contribution >= 4 is 18.3 Å². The van der Waals surface area contributed by atoms with Crippen LogP contribution in [0.1, 0.15) is 33.1 Å². The molecule has 1 rings (SSSR count). The molecule has 0 spiro atoms. The Bertz CT molecular complexity index is 239. The van der Waals surface area contributed by atoms with E-state index in [2.05, 4.69) is 10.2 Å². The summed E-state index contributed by atoms with van der Waals surface area (Å²) >= 11 is 0. The highest BCUT2D eigenvalue weighted by atomic mass is 35.5. The van der Waals surface area contributed by atoms with Gasteiger partial charge in [0.25, 0.3) is 0 Å². The fourth-order valence-corrected chi connectivity index (χ4v) is 2.65. The van der Waals surface area contributed by atoms with Gasteiger partial charge in [-0.25, -0.2) is 0 Å². The van der Waals surface area contributed by atoms with Crippen LogP contribution in [0, 0.1) is 5.92 Å². The Morgan fingerprint density at radius 2 is 1.84 bits per heavy atom. The second-order valence-corrected chi connectivity index (χ2v) is 5.18. The van der Waals surface area contributed by atoms with Crippen LogP contribution >= 0.6 is 12.4 Å². The standard InChI is InChI=1S/C14H29N3O.ClH/c1-4-17(5-2)14(18)12-16-10-7-13(8-11-16)6-9-15-3;/h13,15H,4-12H2,1-3H3;1H. The third-order valence-corrected chi connectivity index (χ3v) is 3.98. The predicted molar refractivity (Wildman–Crippen MR) is 82.9 cm³/mol. The second kappa shape index (κ2) is 10.5. The average molecular weight is 292 g/mol. The first-order valence-corrected chi connectivity index (χ1v) is 7.35. The second-order valence-electron chi connectivity index (χ2n) is 5.18. The Hall–Kier alpha value is -0.320. The fraction of sp³-hybridized carbons (Fsp3) is 0.929. The lowest BCUT2D eigenvalue weighted by molar-refractivity contribution is -0.132. The van der Waals surface area contributed by atoms with Crippen LogP contribution in [0.3, 0.4) is 0 Å². The molecule has 0 aliphatic carbocycles. The quantitative estimate of drug-likeness (QED) is 0.774. The van der Waals surface area contributed by atoms with E-state index in [-0.39, 0.29) is 18.3 Å². The van der Waals surface area contributed by atoms with E-state index < -0.39 is 0 Å². The maximum atomic E-state index is 12.0. The highest BCUT2D eigenvalue weighted by Crippen LogP contribution is 2.19. The van der Waals surface area contributed by atoms with E-state index in [9.17, 15) is 4.79 Å². The minimum Gasteiger partial charge on any atom is -0.342 e. The molecule has 0 aromatic heterocycles. The maximum absolute atomic E-state index is 12.0. The molecule has 4 nitrogen and oxygen atoms in total. The zero-order chi connectivity index (χ0) is 13.4. The molecule has 5 heteroatoms. The first-order valence-electron chi connectivity index (χ1n) is 7.35. The van der Waals surface area contributed by atoms with Crippen LogP contribution in [-0.2, 0) is 4.79 Å². The molecule has 0 aromatic carbocycles. The molecule has 0 aromatic rings. The van der Waals surface area contributed by atoms with Crippen LogP contribution in [-0.4, -0.2) is 62.0 Å². The molecule has 1 aliphatic heterocycles. The number of piperidine rings is 1. The van der Waals surface area contributed by atoms with Crippen molar-refractivity contribution in [2.75, 3.05) is 46.3 Å². The Kier molecular flexibility index (Phi) is 10.3. The third kappa shape index (κ3) is 6.59. The van der Waals surface area contributed by atoms with Gasteiger partial charge in [-0.05, 0) is 65.7 Å². The molecule has 1 N–H and O–H groups in total. The third-order valence-electron chi connectivity index (χ3n) is 3.98. The first kappa shape index (κ1) is 18.7. The predicted octanol–water partition coefficient (Wildman–Crippen LogP) is 1.60. The van der Waals surface area contributed by atoms with E-state index in [1.807, 2.05) is 25.8 Å². The first-order chi connectivity index (χ1) is 8.71. The molecular weight excluding hydrogens is 262 g/mol. The van der Waals surface area contributed by atoms with Gasteiger partial charge < -0.3 is 10.2 Å². The molecule has 114 valence electrons. The Labute approximate surface area is 124 Å². The Balaban J connectivity index is 0.00000324. The van der Waals surface area contributed by atoms with Crippen molar-refractivity contribution < 1.29 is 4.79 Å². The van der Waals surface area contributed by atoms with Gasteiger partial charge in [-0.1, -0.05) is 0 Å². The number of rotatable bonds is 7. The molecule has 0 radical (unpaired) electrons. The van der Waals surface area contributed by atoms with Crippen LogP contribution in [0.15, 0.2) is 0 Å². The lowest BCUT2D eigenvalue weighted by Gasteiger charge is -2.32. The Morgan fingerprint density at radius 3 is 2.32 bits per heavy atom. The van der Waals surface area contributed by atoms with Gasteiger partial charge in [-0.2, -0.15) is 0 Å². The molecule has 0 bridgehead atoms. The molecule has 0 unspecified atom stereocenters. The minimum atomic E-state index is 0. The lowest BCUT2D eigenvalue weighted by Crippen LogP contribution is -2.43. The monoisotopic (exact) mass is 291 g/mol. The van der Waals surface area contributed by atoms with Crippen LogP contribution in [0.4, 0.5) is 0 Å². The molecule has 19 heavy (non-hydrogen) atoms. The summed E-state index contributed by atoms with van der Waals surface area (Å²) in [5, 5.41) is 3.21. The molecule has 1 fully saturated rings. The van der Waals surface area contributed by atoms with Gasteiger partial charge in [0.2, 0.25) is 5.91 Å². The van der Waals surface area contributed by atoms with Crippen LogP contribution in [0.5, 0.6) is 0 Å². The molecule has 1 amide bonds. The summed E-state index contributed by atoms with van der Waals surface area (Å²) in [6.07, 6.45) is 3.76. The summed E-state index contributed by atoms with van der Waals surface area (Å²) in [5.74, 6) is 1.13. The average Bonchev–Trinajstić information content (AvgIpc) is 2.39. The summed E-state index contributed by atoms with van der Waals surface area (Å²) in [6, 6.07) is 0. The zero-order valence-electron chi connectivity index (χ0n) is 12.7. The van der Waals surface area contributed by atoms with Gasteiger partial charge in [0.05, 0.1) is 6.54 Å². The summed E-state index contributed by atoms with van der Waals surface area (Å²) in [7, 11) is 2.01. The van der Waals surface area contributed by atoms with Gasteiger partial charge >= 0.3 is 0 Å². The number of carbonyl (C=O) groups is 1. The van der Waals surface area contributed by atoms with Crippen molar-refractivity contribution in [1.29, 1.82) is 0 Å². The molecule has 1 aliphatic rings. The number of halogens is 1. The van der Waals surface area contributed by atoms with Crippen molar-refractivity contribution in [1.82, 2.24) is 15.1 Å². The summed E-state index contributed by atoms with van der Waals surface area (Å²) in [4.78, 5) is 16.2. The maximum Gasteiger partial charge on any atom is 0.236 e. The molecule has 0 saturated carbocycles. The number of likely N-dealkylation sites (tertiary alicyclic amines) is 1. The van der Waals surface area contributed by atoms with Crippen molar-refractivity contribution in [3.05, 3.63) is 0 Å². The SMILES string of the molecule is CCN(CC)C(=O)CN1CCC(CCNC)CC1.Cl. The van der Waals surface area contributed by atoms with Crippen molar-refractivity contribution in [2.45, 2.75) is 33.1 Å². The van der Waals surface area contributed by atoms with Gasteiger partial charge in [0.15, 0.2) is 0 Å². The van der Waals surface area contributed by atoms with Gasteiger partial charge in [-0.3, -0.25) is 9.69 Å². The summed E-state index contributed by atoms with van der Waals surface area (Å²) in [5.41, 5.74) is 0. The highest BCUT2D eigenvalue weighted by molar-refractivity contribution is 5.85. The molecule has 1 saturated heterocycles. The summed E-state index contributed by atoms with van der Waals surface area (Å²) in [6.45, 7) is 9.64. The van der Waals surface area contributed by atoms with E-state index >= 15 is 0 Å². The topological polar surface area (TPSA) is 35.6 Å². The minimum absolute atomic E-state index is 0. The highest BCUT2D eigenvalue weighted by Gasteiger charge is 2.21. The van der Waals surface area contributed by atoms with Crippen LogP contribution in [0.2, 0.25) is 0 Å². The number of hydrogen-bond donors (Lipinski definition) is 1. The van der Waals surface area contributed by atoms with Crippen molar-refractivity contribution in [3.8, 4) is 0 Å². The number of likely N-dealkylation sites (N-methyl/N-ethyl adjacent to an activating group) is 1. The van der Waals surface area contributed by atoms with E-state index in [0.717, 1.165) is 38.6 Å². The van der Waals surface area contributed by atoms with Crippen LogP contribution < -0.4 is 5.32 Å². The Morgan fingerprint density at radius 1 is 1.26 bits per heavy atom. The summed E-state index contributed by atoms with van der Waals surface area (Å²) < 4.78 is 0. The normalized spacial score (nSPS) is 17.0. The van der Waals surface area contributed by atoms with Gasteiger partial charge in [0, 0.05) is 13.1 Å². The van der Waals surface area contributed by atoms with E-state index in [0.29, 0.717) is 6.54 Å². The van der Waals surface area contributed by atoms with Crippen LogP contribution in [0.25, 0.3) is 0 Å². The number of hydrogen-bond acceptors (Lipinski definition) is 3. The van der Waals surface area contributed by atoms with E-state index in [1.54, 1.807) is 0 Å². The number of nitrogens with zero attached hydrogens (tertiary/aromatic N) is 2. The van der Waals surface area contributed by atoms with E-state index in [4.69, 9.17) is 0 Å². The number of nitrogens with one attached hydrogen (secondary N) is 1. The largest absolute Gasteiger partial charge is 0.342 e. The van der Waals surface area contributed by atoms with Gasteiger partial charge in [0.1, 0.15) is 0 Å². The number of amides is 1. The fourth-order valence-electron chi connectivity index (χ4n) is 2.65.